The summed E-state index contributed by atoms with van der Waals surface area (Å²) >= 11 is 3.14. The van der Waals surface area contributed by atoms with Crippen molar-refractivity contribution < 1.29 is 22.0 Å². The fourth-order valence-electron chi connectivity index (χ4n) is 2.04. The van der Waals surface area contributed by atoms with Crippen molar-refractivity contribution in [2.75, 3.05) is 0 Å². The van der Waals surface area contributed by atoms with E-state index in [-0.39, 0.29) is 17.5 Å². The molecule has 0 fully saturated rings. The molecule has 6 heteroatoms. The lowest BCUT2D eigenvalue weighted by atomic mass is 9.99. The molecule has 0 aliphatic heterocycles. The Bertz CT molecular complexity index is 636. The molecular weight excluding hydrogens is 355 g/mol. The van der Waals surface area contributed by atoms with Crippen molar-refractivity contribution in [3.8, 4) is 0 Å². The van der Waals surface area contributed by atoms with E-state index < -0.39 is 28.2 Å². The molecule has 0 aliphatic rings. The highest BCUT2D eigenvalue weighted by atomic mass is 79.9. The minimum Gasteiger partial charge on any atom is -0.204 e. The number of hydrogen-bond acceptors (Lipinski definition) is 0. The monoisotopic (exact) mass is 364 g/mol. The Morgan fingerprint density at radius 1 is 0.952 bits per heavy atom. The first-order valence-corrected chi connectivity index (χ1v) is 6.95. The average Bonchev–Trinajstić information content (AvgIpc) is 2.43. The van der Waals surface area contributed by atoms with E-state index in [4.69, 9.17) is 0 Å². The van der Waals surface area contributed by atoms with Crippen molar-refractivity contribution in [1.82, 2.24) is 0 Å². The largest absolute Gasteiger partial charge is 0.416 e. The summed E-state index contributed by atoms with van der Waals surface area (Å²) in [4.78, 5) is -0.772. The summed E-state index contributed by atoms with van der Waals surface area (Å²) < 4.78 is 65.5. The molecule has 0 saturated carbocycles. The van der Waals surface area contributed by atoms with Gasteiger partial charge in [0.05, 0.1) is 5.56 Å². The van der Waals surface area contributed by atoms with Gasteiger partial charge in [0.2, 0.25) is 0 Å². The number of rotatable bonds is 3. The van der Waals surface area contributed by atoms with Gasteiger partial charge in [-0.25, -0.2) is 8.78 Å². The van der Waals surface area contributed by atoms with E-state index in [1.165, 1.54) is 30.3 Å². The Morgan fingerprint density at radius 2 is 1.62 bits per heavy atom. The fourth-order valence-corrected chi connectivity index (χ4v) is 2.79. The maximum atomic E-state index is 13.6. The highest BCUT2D eigenvalue weighted by Gasteiger charge is 2.34. The maximum absolute atomic E-state index is 13.6. The van der Waals surface area contributed by atoms with Crippen LogP contribution in [0, 0.1) is 11.6 Å². The predicted octanol–water partition coefficient (Wildman–Crippen LogP) is 5.66. The molecule has 21 heavy (non-hydrogen) atoms. The van der Waals surface area contributed by atoms with Gasteiger partial charge in [0.15, 0.2) is 11.6 Å². The lowest BCUT2D eigenvalue weighted by Gasteiger charge is -2.17. The second-order valence-electron chi connectivity index (χ2n) is 4.47. The molecule has 0 N–H and O–H groups in total. The zero-order valence-corrected chi connectivity index (χ0v) is 12.2. The Balaban J connectivity index is 2.33. The van der Waals surface area contributed by atoms with Gasteiger partial charge in [-0.3, -0.25) is 0 Å². The van der Waals surface area contributed by atoms with Gasteiger partial charge in [0.25, 0.3) is 0 Å². The normalized spacial score (nSPS) is 13.2. The smallest absolute Gasteiger partial charge is 0.204 e. The number of halogens is 6. The van der Waals surface area contributed by atoms with E-state index in [0.29, 0.717) is 0 Å². The third kappa shape index (κ3) is 3.61. The third-order valence-corrected chi connectivity index (χ3v) is 3.85. The van der Waals surface area contributed by atoms with Crippen LogP contribution in [0.15, 0.2) is 42.5 Å². The molecule has 0 aromatic heterocycles. The van der Waals surface area contributed by atoms with Gasteiger partial charge in [0.1, 0.15) is 0 Å². The van der Waals surface area contributed by atoms with Crippen LogP contribution in [-0.2, 0) is 12.6 Å². The first kappa shape index (κ1) is 15.9. The zero-order valence-electron chi connectivity index (χ0n) is 10.6. The maximum Gasteiger partial charge on any atom is 0.416 e. The van der Waals surface area contributed by atoms with Crippen LogP contribution in [-0.4, -0.2) is 0 Å². The van der Waals surface area contributed by atoms with Crippen molar-refractivity contribution in [3.05, 3.63) is 70.8 Å². The van der Waals surface area contributed by atoms with Crippen molar-refractivity contribution in [2.24, 2.45) is 0 Å². The van der Waals surface area contributed by atoms with Crippen LogP contribution in [0.2, 0.25) is 0 Å². The molecule has 2 rings (SSSR count). The summed E-state index contributed by atoms with van der Waals surface area (Å²) in [5, 5.41) is 0. The van der Waals surface area contributed by atoms with Gasteiger partial charge in [-0.2, -0.15) is 13.2 Å². The molecule has 0 saturated heterocycles. The molecule has 0 nitrogen and oxygen atoms in total. The van der Waals surface area contributed by atoms with Gasteiger partial charge >= 0.3 is 6.18 Å². The van der Waals surface area contributed by atoms with Crippen LogP contribution in [0.1, 0.15) is 21.5 Å². The molecule has 0 bridgehead atoms. The Morgan fingerprint density at radius 3 is 2.29 bits per heavy atom. The summed E-state index contributed by atoms with van der Waals surface area (Å²) in [5.41, 5.74) is -0.772. The van der Waals surface area contributed by atoms with Crippen LogP contribution in [0.3, 0.4) is 0 Å². The Kier molecular flexibility index (Phi) is 4.66. The van der Waals surface area contributed by atoms with Crippen LogP contribution in [0.4, 0.5) is 22.0 Å². The highest BCUT2D eigenvalue weighted by Crippen LogP contribution is 2.38. The van der Waals surface area contributed by atoms with E-state index in [1.54, 1.807) is 0 Å². The van der Waals surface area contributed by atoms with E-state index in [1.807, 2.05) is 0 Å². The van der Waals surface area contributed by atoms with Gasteiger partial charge in [-0.1, -0.05) is 46.3 Å². The molecule has 0 amide bonds. The Labute approximate surface area is 126 Å². The van der Waals surface area contributed by atoms with Gasteiger partial charge in [-0.05, 0) is 29.7 Å². The number of benzene rings is 2. The molecule has 0 spiro atoms. The van der Waals surface area contributed by atoms with Crippen LogP contribution >= 0.6 is 15.9 Å². The van der Waals surface area contributed by atoms with Crippen molar-refractivity contribution >= 4 is 15.9 Å². The molecule has 112 valence electrons. The summed E-state index contributed by atoms with van der Waals surface area (Å²) in [6, 6.07) is 8.68. The SMILES string of the molecule is Fc1cccc(CC(Br)c2ccccc2C(F)(F)F)c1F. The predicted molar refractivity (Wildman–Crippen MR) is 73.2 cm³/mol. The summed E-state index contributed by atoms with van der Waals surface area (Å²) in [5.74, 6) is -2.05. The molecule has 0 aliphatic carbocycles. The van der Waals surface area contributed by atoms with Crippen molar-refractivity contribution in [2.45, 2.75) is 17.4 Å². The van der Waals surface area contributed by atoms with E-state index in [2.05, 4.69) is 15.9 Å². The van der Waals surface area contributed by atoms with Crippen molar-refractivity contribution in [3.63, 3.8) is 0 Å². The highest BCUT2D eigenvalue weighted by molar-refractivity contribution is 9.09. The molecule has 2 aromatic carbocycles. The molecular formula is C15H10BrF5. The van der Waals surface area contributed by atoms with Crippen LogP contribution in [0.5, 0.6) is 0 Å². The lowest BCUT2D eigenvalue weighted by molar-refractivity contribution is -0.138. The second kappa shape index (κ2) is 6.13. The van der Waals surface area contributed by atoms with Crippen molar-refractivity contribution in [1.29, 1.82) is 0 Å². The van der Waals surface area contributed by atoms with Crippen LogP contribution in [0.25, 0.3) is 0 Å². The average molecular weight is 365 g/mol. The molecule has 0 heterocycles. The summed E-state index contributed by atoms with van der Waals surface area (Å²) in [6.45, 7) is 0. The van der Waals surface area contributed by atoms with Crippen LogP contribution < -0.4 is 0 Å². The third-order valence-electron chi connectivity index (χ3n) is 3.03. The Hall–Kier alpha value is -1.43. The molecule has 2 aromatic rings. The van der Waals surface area contributed by atoms with E-state index in [0.717, 1.165) is 12.1 Å². The second-order valence-corrected chi connectivity index (χ2v) is 5.57. The van der Waals surface area contributed by atoms with E-state index in [9.17, 15) is 22.0 Å². The molecule has 1 unspecified atom stereocenters. The number of alkyl halides is 4. The summed E-state index contributed by atoms with van der Waals surface area (Å²) in [6.07, 6.45) is -4.58. The standard InChI is InChI=1S/C15H10BrF5/c16-12(8-9-4-3-7-13(17)14(9)18)10-5-1-2-6-11(10)15(19,20)21/h1-7,12H,8H2. The molecule has 0 radical (unpaired) electrons. The summed E-state index contributed by atoms with van der Waals surface area (Å²) in [7, 11) is 0. The lowest BCUT2D eigenvalue weighted by Crippen LogP contribution is -2.11. The number of hydrogen-bond donors (Lipinski definition) is 0. The van der Waals surface area contributed by atoms with E-state index >= 15 is 0 Å². The minimum absolute atomic E-state index is 0.00587. The first-order valence-electron chi connectivity index (χ1n) is 6.03. The topological polar surface area (TPSA) is 0 Å². The van der Waals surface area contributed by atoms with Gasteiger partial charge < -0.3 is 0 Å². The fraction of sp³-hybridized carbons (Fsp3) is 0.200. The van der Waals surface area contributed by atoms with Gasteiger partial charge in [-0.15, -0.1) is 0 Å². The first-order chi connectivity index (χ1) is 9.80. The van der Waals surface area contributed by atoms with Gasteiger partial charge in [0, 0.05) is 4.83 Å². The molecule has 1 atom stereocenters. The quantitative estimate of drug-likeness (QED) is 0.486. The zero-order chi connectivity index (χ0) is 15.6. The minimum atomic E-state index is -4.50.